The van der Waals surface area contributed by atoms with Crippen LogP contribution in [0.25, 0.3) is 5.65 Å². The van der Waals surface area contributed by atoms with Crippen LogP contribution < -0.4 is 4.72 Å². The van der Waals surface area contributed by atoms with Gasteiger partial charge in [0.2, 0.25) is 10.0 Å². The number of nitrogens with zero attached hydrogens (tertiary/aromatic N) is 3. The first-order valence-corrected chi connectivity index (χ1v) is 10.2. The van der Waals surface area contributed by atoms with E-state index in [9.17, 15) is 8.42 Å². The molecule has 3 rings (SSSR count). The Labute approximate surface area is 145 Å². The first kappa shape index (κ1) is 17.1. The molecule has 0 bridgehead atoms. The van der Waals surface area contributed by atoms with Gasteiger partial charge in [-0.25, -0.2) is 22.6 Å². The highest BCUT2D eigenvalue weighted by atomic mass is 32.2. The minimum Gasteiger partial charge on any atom is -0.237 e. The maximum absolute atomic E-state index is 12.2. The summed E-state index contributed by atoms with van der Waals surface area (Å²) < 4.78 is 29.3. The van der Waals surface area contributed by atoms with Gasteiger partial charge in [-0.05, 0) is 43.9 Å². The number of fused-ring (bicyclic) bond motifs is 1. The first-order chi connectivity index (χ1) is 11.5. The van der Waals surface area contributed by atoms with Gasteiger partial charge in [-0.15, -0.1) is 11.3 Å². The van der Waals surface area contributed by atoms with Gasteiger partial charge in [0.1, 0.15) is 4.21 Å². The molecule has 0 radical (unpaired) electrons. The highest BCUT2D eigenvalue weighted by molar-refractivity contribution is 7.91. The van der Waals surface area contributed by atoms with Crippen molar-refractivity contribution in [1.82, 2.24) is 19.3 Å². The number of aromatic nitrogens is 3. The van der Waals surface area contributed by atoms with Crippen molar-refractivity contribution in [3.63, 3.8) is 0 Å². The number of hydrogen-bond donors (Lipinski definition) is 1. The molecule has 6 nitrogen and oxygen atoms in total. The molecule has 0 aliphatic rings. The van der Waals surface area contributed by atoms with Crippen LogP contribution in [0.5, 0.6) is 0 Å². The zero-order valence-electron chi connectivity index (χ0n) is 13.7. The number of aryl methyl sites for hydroxylation is 3. The average Bonchev–Trinajstić information content (AvgIpc) is 3.16. The van der Waals surface area contributed by atoms with Crippen molar-refractivity contribution in [1.29, 1.82) is 0 Å². The van der Waals surface area contributed by atoms with Crippen molar-refractivity contribution in [3.05, 3.63) is 46.7 Å². The molecule has 1 N–H and O–H groups in total. The number of nitrogens with one attached hydrogen (secondary N) is 1. The van der Waals surface area contributed by atoms with E-state index >= 15 is 0 Å². The number of hydrogen-bond acceptors (Lipinski definition) is 5. The summed E-state index contributed by atoms with van der Waals surface area (Å²) >= 11 is 1.33. The fourth-order valence-electron chi connectivity index (χ4n) is 2.43. The Hall–Kier alpha value is -1.77. The topological polar surface area (TPSA) is 76.4 Å². The van der Waals surface area contributed by atoms with Gasteiger partial charge in [0.15, 0.2) is 5.65 Å². The lowest BCUT2D eigenvalue weighted by Crippen LogP contribution is -2.24. The Morgan fingerprint density at radius 3 is 2.92 bits per heavy atom. The molecule has 0 spiro atoms. The Kier molecular flexibility index (Phi) is 4.98. The van der Waals surface area contributed by atoms with Gasteiger partial charge in [0.25, 0.3) is 0 Å². The summed E-state index contributed by atoms with van der Waals surface area (Å²) in [6, 6.07) is 5.46. The standard InChI is InChI=1S/C16H20N4O2S2/c1-3-14-6-7-16(23-14)24(21,22)18-8-4-5-13-10-17-15-9-12(2)19-20(15)11-13/h6-7,9-11,18H,3-5,8H2,1-2H3. The first-order valence-electron chi connectivity index (χ1n) is 7.87. The van der Waals surface area contributed by atoms with Crippen LogP contribution in [0.15, 0.2) is 34.8 Å². The van der Waals surface area contributed by atoms with Crippen molar-refractivity contribution < 1.29 is 8.42 Å². The summed E-state index contributed by atoms with van der Waals surface area (Å²) in [5.74, 6) is 0. The third-order valence-electron chi connectivity index (χ3n) is 3.67. The van der Waals surface area contributed by atoms with E-state index in [0.29, 0.717) is 17.2 Å². The second-order valence-corrected chi connectivity index (χ2v) is 8.79. The van der Waals surface area contributed by atoms with Gasteiger partial charge in [0.05, 0.1) is 5.69 Å². The molecule has 3 heterocycles. The molecule has 0 saturated carbocycles. The molecule has 0 aromatic carbocycles. The summed E-state index contributed by atoms with van der Waals surface area (Å²) in [4.78, 5) is 5.43. The predicted octanol–water partition coefficient (Wildman–Crippen LogP) is 2.57. The summed E-state index contributed by atoms with van der Waals surface area (Å²) in [7, 11) is -3.40. The van der Waals surface area contributed by atoms with Gasteiger partial charge < -0.3 is 0 Å². The molecule has 24 heavy (non-hydrogen) atoms. The minimum absolute atomic E-state index is 0.384. The van der Waals surface area contributed by atoms with Crippen molar-refractivity contribution in [2.24, 2.45) is 0 Å². The molecular formula is C16H20N4O2S2. The quantitative estimate of drug-likeness (QED) is 0.654. The van der Waals surface area contributed by atoms with Gasteiger partial charge in [-0.2, -0.15) is 5.10 Å². The van der Waals surface area contributed by atoms with Crippen molar-refractivity contribution in [2.45, 2.75) is 37.3 Å². The average molecular weight is 364 g/mol. The molecule has 0 unspecified atom stereocenters. The fraction of sp³-hybridized carbons (Fsp3) is 0.375. The van der Waals surface area contributed by atoms with Crippen LogP contribution in [0.1, 0.15) is 29.5 Å². The van der Waals surface area contributed by atoms with E-state index in [1.54, 1.807) is 10.6 Å². The second kappa shape index (κ2) is 7.00. The van der Waals surface area contributed by atoms with Crippen molar-refractivity contribution in [2.75, 3.05) is 6.54 Å². The summed E-state index contributed by atoms with van der Waals surface area (Å²) in [5.41, 5.74) is 2.78. The molecule has 0 atom stereocenters. The summed E-state index contributed by atoms with van der Waals surface area (Å²) in [5, 5.41) is 4.34. The maximum atomic E-state index is 12.2. The van der Waals surface area contributed by atoms with Crippen LogP contribution in [0.2, 0.25) is 0 Å². The van der Waals surface area contributed by atoms with Crippen molar-refractivity contribution >= 4 is 27.0 Å². The third-order valence-corrected chi connectivity index (χ3v) is 6.86. The Bertz CT molecular complexity index is 944. The Morgan fingerprint density at radius 1 is 1.33 bits per heavy atom. The minimum atomic E-state index is -3.40. The molecule has 0 saturated heterocycles. The molecule has 3 aromatic rings. The van der Waals surface area contributed by atoms with E-state index in [-0.39, 0.29) is 0 Å². The van der Waals surface area contributed by atoms with E-state index < -0.39 is 10.0 Å². The molecule has 128 valence electrons. The van der Waals surface area contributed by atoms with Crippen LogP contribution in [-0.4, -0.2) is 29.6 Å². The van der Waals surface area contributed by atoms with E-state index in [2.05, 4.69) is 14.8 Å². The normalized spacial score (nSPS) is 12.1. The zero-order valence-corrected chi connectivity index (χ0v) is 15.3. The smallest absolute Gasteiger partial charge is 0.237 e. The molecular weight excluding hydrogens is 344 g/mol. The molecule has 0 amide bonds. The van der Waals surface area contributed by atoms with E-state index in [0.717, 1.165) is 34.6 Å². The van der Waals surface area contributed by atoms with Gasteiger partial charge in [0, 0.05) is 29.9 Å². The lowest BCUT2D eigenvalue weighted by molar-refractivity contribution is 0.581. The van der Waals surface area contributed by atoms with E-state index in [4.69, 9.17) is 0 Å². The van der Waals surface area contributed by atoms with E-state index in [1.807, 2.05) is 38.4 Å². The van der Waals surface area contributed by atoms with Crippen LogP contribution >= 0.6 is 11.3 Å². The van der Waals surface area contributed by atoms with Gasteiger partial charge >= 0.3 is 0 Å². The van der Waals surface area contributed by atoms with Crippen LogP contribution in [0.4, 0.5) is 0 Å². The van der Waals surface area contributed by atoms with Gasteiger partial charge in [-0.1, -0.05) is 6.92 Å². The van der Waals surface area contributed by atoms with Crippen LogP contribution in [-0.2, 0) is 22.9 Å². The highest BCUT2D eigenvalue weighted by Crippen LogP contribution is 2.21. The largest absolute Gasteiger partial charge is 0.250 e. The SMILES string of the molecule is CCc1ccc(S(=O)(=O)NCCCc2cnc3cc(C)nn3c2)s1. The molecule has 8 heteroatoms. The predicted molar refractivity (Wildman–Crippen MR) is 94.9 cm³/mol. The lowest BCUT2D eigenvalue weighted by atomic mass is 10.2. The van der Waals surface area contributed by atoms with E-state index in [1.165, 1.54) is 11.3 Å². The number of thiophene rings is 1. The number of sulfonamides is 1. The third kappa shape index (κ3) is 3.82. The van der Waals surface area contributed by atoms with Crippen LogP contribution in [0.3, 0.4) is 0 Å². The molecule has 3 aromatic heterocycles. The fourth-order valence-corrected chi connectivity index (χ4v) is 4.84. The zero-order chi connectivity index (χ0) is 17.2. The lowest BCUT2D eigenvalue weighted by Gasteiger charge is -2.05. The Morgan fingerprint density at radius 2 is 2.17 bits per heavy atom. The van der Waals surface area contributed by atoms with Gasteiger partial charge in [-0.3, -0.25) is 0 Å². The number of rotatable bonds is 7. The monoisotopic (exact) mass is 364 g/mol. The Balaban J connectivity index is 1.55. The van der Waals surface area contributed by atoms with Crippen molar-refractivity contribution in [3.8, 4) is 0 Å². The second-order valence-electron chi connectivity index (χ2n) is 5.63. The highest BCUT2D eigenvalue weighted by Gasteiger charge is 2.15. The molecule has 0 aliphatic carbocycles. The van der Waals surface area contributed by atoms with Crippen LogP contribution in [0, 0.1) is 6.92 Å². The molecule has 0 fully saturated rings. The maximum Gasteiger partial charge on any atom is 0.250 e. The summed E-state index contributed by atoms with van der Waals surface area (Å²) in [6.45, 7) is 4.34. The summed E-state index contributed by atoms with van der Waals surface area (Å²) in [6.07, 6.45) is 6.06. The molecule has 0 aliphatic heterocycles.